The molecule has 33 heavy (non-hydrogen) atoms. The first kappa shape index (κ1) is 23.3. The fraction of sp³-hybridized carbons (Fsp3) is 0.160. The number of amides is 2. The smallest absolute Gasteiger partial charge is 0.325 e. The van der Waals surface area contributed by atoms with E-state index in [-0.39, 0.29) is 12.1 Å². The number of ether oxygens (including phenoxy) is 3. The largest absolute Gasteiger partial charge is 0.493 e. The lowest BCUT2D eigenvalue weighted by atomic mass is 10.1. The number of methoxy groups -OCH3 is 2. The number of carbonyl (C=O) groups excluding carboxylic acids is 3. The van der Waals surface area contributed by atoms with Gasteiger partial charge < -0.3 is 24.8 Å². The second-order valence-electron chi connectivity index (χ2n) is 6.90. The summed E-state index contributed by atoms with van der Waals surface area (Å²) in [5, 5.41) is 5.10. The van der Waals surface area contributed by atoms with Crippen LogP contribution in [0.25, 0.3) is 11.1 Å². The Morgan fingerprint density at radius 3 is 2.12 bits per heavy atom. The Morgan fingerprint density at radius 1 is 0.788 bits per heavy atom. The topological polar surface area (TPSA) is 103 Å². The molecule has 0 atom stereocenters. The maximum atomic E-state index is 12.2. The van der Waals surface area contributed by atoms with Crippen molar-refractivity contribution in [3.8, 4) is 22.6 Å². The van der Waals surface area contributed by atoms with E-state index >= 15 is 0 Å². The van der Waals surface area contributed by atoms with Crippen molar-refractivity contribution in [1.29, 1.82) is 0 Å². The zero-order chi connectivity index (χ0) is 23.6. The van der Waals surface area contributed by atoms with Gasteiger partial charge in [-0.25, -0.2) is 0 Å². The minimum absolute atomic E-state index is 0.289. The number of benzene rings is 3. The van der Waals surface area contributed by atoms with Gasteiger partial charge >= 0.3 is 5.97 Å². The third kappa shape index (κ3) is 6.57. The number of hydrogen-bond donors (Lipinski definition) is 2. The zero-order valence-electron chi connectivity index (χ0n) is 18.3. The van der Waals surface area contributed by atoms with Crippen LogP contribution < -0.4 is 20.1 Å². The molecule has 3 aromatic carbocycles. The van der Waals surface area contributed by atoms with E-state index in [1.165, 1.54) is 20.3 Å². The molecule has 3 aromatic rings. The van der Waals surface area contributed by atoms with Gasteiger partial charge in [0.1, 0.15) is 6.54 Å². The summed E-state index contributed by atoms with van der Waals surface area (Å²) >= 11 is 0. The van der Waals surface area contributed by atoms with Crippen LogP contribution in [0, 0.1) is 0 Å². The van der Waals surface area contributed by atoms with Crippen molar-refractivity contribution in [2.24, 2.45) is 0 Å². The summed E-state index contributed by atoms with van der Waals surface area (Å²) in [6.45, 7) is -0.849. The predicted molar refractivity (Wildman–Crippen MR) is 123 cm³/mol. The van der Waals surface area contributed by atoms with E-state index in [9.17, 15) is 14.4 Å². The van der Waals surface area contributed by atoms with Crippen molar-refractivity contribution >= 4 is 23.5 Å². The van der Waals surface area contributed by atoms with Crippen molar-refractivity contribution in [1.82, 2.24) is 5.32 Å². The first-order valence-electron chi connectivity index (χ1n) is 10.1. The highest BCUT2D eigenvalue weighted by Crippen LogP contribution is 2.27. The van der Waals surface area contributed by atoms with Crippen LogP contribution in [0.5, 0.6) is 11.5 Å². The normalized spacial score (nSPS) is 10.1. The van der Waals surface area contributed by atoms with E-state index < -0.39 is 24.4 Å². The Kier molecular flexibility index (Phi) is 8.02. The molecule has 2 N–H and O–H groups in total. The van der Waals surface area contributed by atoms with Gasteiger partial charge in [-0.2, -0.15) is 0 Å². The Hall–Kier alpha value is -4.33. The van der Waals surface area contributed by atoms with Gasteiger partial charge in [0.2, 0.25) is 0 Å². The Balaban J connectivity index is 1.43. The molecule has 0 saturated carbocycles. The van der Waals surface area contributed by atoms with E-state index in [2.05, 4.69) is 10.6 Å². The summed E-state index contributed by atoms with van der Waals surface area (Å²) in [6, 6.07) is 21.8. The summed E-state index contributed by atoms with van der Waals surface area (Å²) in [5.74, 6) is -0.841. The highest BCUT2D eigenvalue weighted by molar-refractivity contribution is 5.97. The highest BCUT2D eigenvalue weighted by atomic mass is 16.5. The van der Waals surface area contributed by atoms with Gasteiger partial charge in [0, 0.05) is 11.3 Å². The molecule has 3 rings (SSSR count). The number of hydrogen-bond acceptors (Lipinski definition) is 6. The molecule has 0 aromatic heterocycles. The lowest BCUT2D eigenvalue weighted by molar-refractivity contribution is -0.146. The van der Waals surface area contributed by atoms with Gasteiger partial charge in [-0.3, -0.25) is 14.4 Å². The molecular formula is C25H24N2O6. The predicted octanol–water partition coefficient (Wildman–Crippen LogP) is 3.28. The molecular weight excluding hydrogens is 424 g/mol. The molecule has 0 bridgehead atoms. The quantitative estimate of drug-likeness (QED) is 0.487. The molecule has 8 heteroatoms. The first-order valence-corrected chi connectivity index (χ1v) is 10.1. The molecule has 0 aliphatic carbocycles. The average molecular weight is 448 g/mol. The molecule has 170 valence electrons. The van der Waals surface area contributed by atoms with E-state index in [0.717, 1.165) is 11.1 Å². The number of esters is 1. The van der Waals surface area contributed by atoms with E-state index in [4.69, 9.17) is 14.2 Å². The van der Waals surface area contributed by atoms with Gasteiger partial charge in [0.25, 0.3) is 11.8 Å². The summed E-state index contributed by atoms with van der Waals surface area (Å²) < 4.78 is 15.2. The molecule has 0 aliphatic rings. The lowest BCUT2D eigenvalue weighted by Crippen LogP contribution is -2.32. The van der Waals surface area contributed by atoms with E-state index in [1.54, 1.807) is 24.3 Å². The molecule has 0 saturated heterocycles. The third-order valence-electron chi connectivity index (χ3n) is 4.68. The minimum Gasteiger partial charge on any atom is -0.493 e. The van der Waals surface area contributed by atoms with Crippen LogP contribution >= 0.6 is 0 Å². The van der Waals surface area contributed by atoms with Crippen LogP contribution in [-0.2, 0) is 14.3 Å². The van der Waals surface area contributed by atoms with Crippen molar-refractivity contribution in [3.05, 3.63) is 78.4 Å². The summed E-state index contributed by atoms with van der Waals surface area (Å²) in [7, 11) is 2.95. The average Bonchev–Trinajstić information content (AvgIpc) is 2.86. The number of nitrogens with one attached hydrogen (secondary N) is 2. The van der Waals surface area contributed by atoms with Crippen LogP contribution in [0.15, 0.2) is 72.8 Å². The molecule has 2 amide bonds. The SMILES string of the molecule is COc1ccc(C(=O)NCC(=O)OCC(=O)Nc2ccc(-c3ccccc3)cc2)cc1OC. The lowest BCUT2D eigenvalue weighted by Gasteiger charge is -2.10. The van der Waals surface area contributed by atoms with Crippen molar-refractivity contribution in [2.45, 2.75) is 0 Å². The number of anilines is 1. The van der Waals surface area contributed by atoms with Gasteiger partial charge in [-0.15, -0.1) is 0 Å². The van der Waals surface area contributed by atoms with Crippen LogP contribution in [0.4, 0.5) is 5.69 Å². The van der Waals surface area contributed by atoms with Gasteiger partial charge in [0.15, 0.2) is 18.1 Å². The second kappa shape index (κ2) is 11.3. The van der Waals surface area contributed by atoms with Crippen LogP contribution in [0.2, 0.25) is 0 Å². The zero-order valence-corrected chi connectivity index (χ0v) is 18.3. The molecule has 0 spiro atoms. The molecule has 0 heterocycles. The van der Waals surface area contributed by atoms with Gasteiger partial charge in [-0.1, -0.05) is 42.5 Å². The summed E-state index contributed by atoms with van der Waals surface area (Å²) in [6.07, 6.45) is 0. The maximum absolute atomic E-state index is 12.2. The Labute approximate surface area is 191 Å². The van der Waals surface area contributed by atoms with Gasteiger partial charge in [0.05, 0.1) is 14.2 Å². The number of rotatable bonds is 9. The van der Waals surface area contributed by atoms with Crippen LogP contribution in [-0.4, -0.2) is 45.2 Å². The molecule has 0 fully saturated rings. The fourth-order valence-corrected chi connectivity index (χ4v) is 3.00. The number of carbonyl (C=O) groups is 3. The summed E-state index contributed by atoms with van der Waals surface area (Å²) in [5.41, 5.74) is 2.96. The van der Waals surface area contributed by atoms with Crippen LogP contribution in [0.3, 0.4) is 0 Å². The summed E-state index contributed by atoms with van der Waals surface area (Å²) in [4.78, 5) is 36.2. The minimum atomic E-state index is -0.738. The van der Waals surface area contributed by atoms with Gasteiger partial charge in [-0.05, 0) is 41.5 Å². The molecule has 0 aliphatic heterocycles. The van der Waals surface area contributed by atoms with Crippen LogP contribution in [0.1, 0.15) is 10.4 Å². The van der Waals surface area contributed by atoms with E-state index in [0.29, 0.717) is 17.2 Å². The molecule has 0 unspecified atom stereocenters. The Morgan fingerprint density at radius 2 is 1.45 bits per heavy atom. The van der Waals surface area contributed by atoms with Crippen molar-refractivity contribution in [2.75, 3.05) is 32.7 Å². The standard InChI is InChI=1S/C25H24N2O6/c1-31-21-13-10-19(14-22(21)32-2)25(30)26-15-24(29)33-16-23(28)27-20-11-8-18(9-12-20)17-6-4-3-5-7-17/h3-14H,15-16H2,1-2H3,(H,26,30)(H,27,28). The van der Waals surface area contributed by atoms with E-state index in [1.807, 2.05) is 42.5 Å². The fourth-order valence-electron chi connectivity index (χ4n) is 3.00. The molecule has 8 nitrogen and oxygen atoms in total. The monoisotopic (exact) mass is 448 g/mol. The maximum Gasteiger partial charge on any atom is 0.325 e. The first-order chi connectivity index (χ1) is 16.0. The second-order valence-corrected chi connectivity index (χ2v) is 6.90. The highest BCUT2D eigenvalue weighted by Gasteiger charge is 2.13. The third-order valence-corrected chi connectivity index (χ3v) is 4.68. The van der Waals surface area contributed by atoms with Crippen molar-refractivity contribution < 1.29 is 28.6 Å². The van der Waals surface area contributed by atoms with Crippen molar-refractivity contribution in [3.63, 3.8) is 0 Å². The Bertz CT molecular complexity index is 1110. The molecule has 0 radical (unpaired) electrons.